The lowest BCUT2D eigenvalue weighted by Gasteiger charge is -2.18. The molecule has 1 fully saturated rings. The third-order valence-electron chi connectivity index (χ3n) is 3.04. The van der Waals surface area contributed by atoms with Gasteiger partial charge in [-0.15, -0.1) is 0 Å². The second-order valence-corrected chi connectivity index (χ2v) is 4.68. The van der Waals surface area contributed by atoms with Gasteiger partial charge in [0.05, 0.1) is 17.8 Å². The Kier molecular flexibility index (Phi) is 3.26. The number of hydrogen-bond acceptors (Lipinski definition) is 4. The quantitative estimate of drug-likeness (QED) is 0.756. The fraction of sp³-hybridized carbons (Fsp3) is 0.583. The minimum absolute atomic E-state index is 0.0901. The van der Waals surface area contributed by atoms with Gasteiger partial charge in [0.25, 0.3) is 0 Å². The lowest BCUT2D eigenvalue weighted by atomic mass is 10.1. The fourth-order valence-corrected chi connectivity index (χ4v) is 2.14. The van der Waals surface area contributed by atoms with E-state index in [1.807, 2.05) is 6.92 Å². The highest BCUT2D eigenvalue weighted by molar-refractivity contribution is 5.79. The molecule has 2 heterocycles. The molecule has 2 rings (SSSR count). The first-order valence-electron chi connectivity index (χ1n) is 5.82. The molecule has 1 aromatic rings. The third kappa shape index (κ3) is 2.54. The van der Waals surface area contributed by atoms with Crippen molar-refractivity contribution in [2.45, 2.75) is 13.3 Å². The van der Waals surface area contributed by atoms with Crippen LogP contribution in [0.15, 0.2) is 12.4 Å². The van der Waals surface area contributed by atoms with Crippen molar-refractivity contribution < 1.29 is 4.79 Å². The van der Waals surface area contributed by atoms with Crippen LogP contribution in [0, 0.1) is 12.8 Å². The molecule has 1 amide bonds. The van der Waals surface area contributed by atoms with Crippen LogP contribution >= 0.6 is 0 Å². The normalized spacial score (nSPS) is 19.5. The van der Waals surface area contributed by atoms with Gasteiger partial charge in [-0.05, 0) is 13.3 Å². The summed E-state index contributed by atoms with van der Waals surface area (Å²) in [6, 6.07) is 0. The molecule has 0 aromatic carbocycles. The lowest BCUT2D eigenvalue weighted by Crippen LogP contribution is -2.32. The number of rotatable bonds is 2. The maximum Gasteiger partial charge on any atom is 0.227 e. The molecule has 17 heavy (non-hydrogen) atoms. The van der Waals surface area contributed by atoms with Crippen LogP contribution in [0.1, 0.15) is 12.1 Å². The predicted molar refractivity (Wildman–Crippen MR) is 65.8 cm³/mol. The van der Waals surface area contributed by atoms with E-state index in [1.54, 1.807) is 31.4 Å². The zero-order chi connectivity index (χ0) is 12.4. The monoisotopic (exact) mass is 234 g/mol. The summed E-state index contributed by atoms with van der Waals surface area (Å²) in [6.45, 7) is 3.55. The lowest BCUT2D eigenvalue weighted by molar-refractivity contribution is -0.132. The first-order valence-corrected chi connectivity index (χ1v) is 5.82. The van der Waals surface area contributed by atoms with Gasteiger partial charge in [0.2, 0.25) is 5.91 Å². The molecule has 0 spiro atoms. The maximum atomic E-state index is 11.9. The molecule has 1 saturated heterocycles. The van der Waals surface area contributed by atoms with Gasteiger partial charge in [-0.25, -0.2) is 4.98 Å². The molecule has 1 aliphatic heterocycles. The summed E-state index contributed by atoms with van der Waals surface area (Å²) in [5.74, 6) is 1.17. The molecule has 0 bridgehead atoms. The van der Waals surface area contributed by atoms with Gasteiger partial charge in [-0.1, -0.05) is 0 Å². The van der Waals surface area contributed by atoms with Crippen molar-refractivity contribution in [1.29, 1.82) is 0 Å². The second-order valence-electron chi connectivity index (χ2n) is 4.68. The molecular formula is C12H18N4O. The number of carbonyl (C=O) groups is 1. The number of aryl methyl sites for hydroxylation is 1. The summed E-state index contributed by atoms with van der Waals surface area (Å²) in [5.41, 5.74) is 0.907. The van der Waals surface area contributed by atoms with E-state index in [9.17, 15) is 4.79 Å². The largest absolute Gasteiger partial charge is 0.355 e. The van der Waals surface area contributed by atoms with E-state index < -0.39 is 0 Å². The van der Waals surface area contributed by atoms with Crippen LogP contribution in [0.4, 0.5) is 5.82 Å². The molecule has 1 unspecified atom stereocenters. The summed E-state index contributed by atoms with van der Waals surface area (Å²) in [7, 11) is 3.61. The molecule has 0 N–H and O–H groups in total. The minimum Gasteiger partial charge on any atom is -0.355 e. The van der Waals surface area contributed by atoms with E-state index in [2.05, 4.69) is 14.9 Å². The van der Waals surface area contributed by atoms with Crippen molar-refractivity contribution in [1.82, 2.24) is 14.9 Å². The Hall–Kier alpha value is -1.65. The zero-order valence-electron chi connectivity index (χ0n) is 10.6. The van der Waals surface area contributed by atoms with E-state index in [0.29, 0.717) is 0 Å². The van der Waals surface area contributed by atoms with E-state index in [4.69, 9.17) is 0 Å². The Morgan fingerprint density at radius 3 is 2.88 bits per heavy atom. The van der Waals surface area contributed by atoms with Gasteiger partial charge in [-0.2, -0.15) is 0 Å². The van der Waals surface area contributed by atoms with Crippen LogP contribution in [0.2, 0.25) is 0 Å². The SMILES string of the molecule is Cc1cncc(N2CCC(C(=O)N(C)C)C2)n1. The third-order valence-corrected chi connectivity index (χ3v) is 3.04. The van der Waals surface area contributed by atoms with Gasteiger partial charge in [-0.3, -0.25) is 9.78 Å². The van der Waals surface area contributed by atoms with Crippen molar-refractivity contribution in [3.8, 4) is 0 Å². The van der Waals surface area contributed by atoms with Crippen LogP contribution in [0.3, 0.4) is 0 Å². The van der Waals surface area contributed by atoms with Crippen LogP contribution in [-0.2, 0) is 4.79 Å². The Morgan fingerprint density at radius 1 is 1.47 bits per heavy atom. The number of carbonyl (C=O) groups excluding carboxylic acids is 1. The van der Waals surface area contributed by atoms with Crippen molar-refractivity contribution in [3.05, 3.63) is 18.1 Å². The van der Waals surface area contributed by atoms with Crippen LogP contribution < -0.4 is 4.90 Å². The Bertz CT molecular complexity index is 419. The average Bonchev–Trinajstić information content (AvgIpc) is 2.77. The first kappa shape index (κ1) is 11.8. The van der Waals surface area contributed by atoms with Crippen molar-refractivity contribution >= 4 is 11.7 Å². The summed E-state index contributed by atoms with van der Waals surface area (Å²) < 4.78 is 0. The topological polar surface area (TPSA) is 49.3 Å². The molecule has 0 aliphatic carbocycles. The number of nitrogens with zero attached hydrogens (tertiary/aromatic N) is 4. The molecular weight excluding hydrogens is 216 g/mol. The number of anilines is 1. The Labute approximate surface area is 101 Å². The highest BCUT2D eigenvalue weighted by atomic mass is 16.2. The molecule has 0 radical (unpaired) electrons. The zero-order valence-corrected chi connectivity index (χ0v) is 10.6. The first-order chi connectivity index (χ1) is 8.08. The van der Waals surface area contributed by atoms with Crippen LogP contribution in [0.5, 0.6) is 0 Å². The summed E-state index contributed by atoms with van der Waals surface area (Å²) in [6.07, 6.45) is 4.39. The molecule has 1 aromatic heterocycles. The molecule has 5 nitrogen and oxygen atoms in total. The highest BCUT2D eigenvalue weighted by Crippen LogP contribution is 2.22. The van der Waals surface area contributed by atoms with E-state index >= 15 is 0 Å². The summed E-state index contributed by atoms with van der Waals surface area (Å²) in [4.78, 5) is 24.2. The molecule has 92 valence electrons. The molecule has 1 aliphatic rings. The second kappa shape index (κ2) is 4.69. The van der Waals surface area contributed by atoms with Crippen molar-refractivity contribution in [2.24, 2.45) is 5.92 Å². The summed E-state index contributed by atoms with van der Waals surface area (Å²) >= 11 is 0. The van der Waals surface area contributed by atoms with E-state index in [-0.39, 0.29) is 11.8 Å². The number of amides is 1. The minimum atomic E-state index is 0.0901. The van der Waals surface area contributed by atoms with Gasteiger partial charge < -0.3 is 9.80 Å². The van der Waals surface area contributed by atoms with E-state index in [1.165, 1.54) is 0 Å². The Balaban J connectivity index is 2.05. The number of aromatic nitrogens is 2. The molecule has 5 heteroatoms. The molecule has 0 saturated carbocycles. The summed E-state index contributed by atoms with van der Waals surface area (Å²) in [5, 5.41) is 0. The van der Waals surface area contributed by atoms with Gasteiger partial charge in [0.1, 0.15) is 5.82 Å². The van der Waals surface area contributed by atoms with E-state index in [0.717, 1.165) is 31.0 Å². The van der Waals surface area contributed by atoms with Crippen molar-refractivity contribution in [2.75, 3.05) is 32.1 Å². The number of hydrogen-bond donors (Lipinski definition) is 0. The van der Waals surface area contributed by atoms with Crippen molar-refractivity contribution in [3.63, 3.8) is 0 Å². The fourth-order valence-electron chi connectivity index (χ4n) is 2.14. The molecule has 1 atom stereocenters. The Morgan fingerprint density at radius 2 is 2.24 bits per heavy atom. The smallest absolute Gasteiger partial charge is 0.227 e. The average molecular weight is 234 g/mol. The van der Waals surface area contributed by atoms with Crippen LogP contribution in [0.25, 0.3) is 0 Å². The van der Waals surface area contributed by atoms with Gasteiger partial charge in [0.15, 0.2) is 0 Å². The highest BCUT2D eigenvalue weighted by Gasteiger charge is 2.29. The van der Waals surface area contributed by atoms with Crippen LogP contribution in [-0.4, -0.2) is 48.0 Å². The standard InChI is InChI=1S/C12H18N4O/c1-9-6-13-7-11(14-9)16-5-4-10(8-16)12(17)15(2)3/h6-7,10H,4-5,8H2,1-3H3. The van der Waals surface area contributed by atoms with Gasteiger partial charge >= 0.3 is 0 Å². The maximum absolute atomic E-state index is 11.9. The predicted octanol–water partition coefficient (Wildman–Crippen LogP) is 0.700. The van der Waals surface area contributed by atoms with Gasteiger partial charge in [0, 0.05) is 33.4 Å².